The van der Waals surface area contributed by atoms with E-state index in [9.17, 15) is 4.79 Å². The Morgan fingerprint density at radius 1 is 1.44 bits per heavy atom. The molecule has 3 heterocycles. The average molecular weight is 345 g/mol. The number of carbonyl (C=O) groups excluding carboxylic acids is 1. The third kappa shape index (κ3) is 4.76. The Balaban J connectivity index is 1.51. The number of anilines is 1. The van der Waals surface area contributed by atoms with E-state index in [2.05, 4.69) is 25.8 Å². The van der Waals surface area contributed by atoms with E-state index in [1.807, 2.05) is 19.9 Å². The van der Waals surface area contributed by atoms with E-state index in [1.165, 1.54) is 0 Å². The summed E-state index contributed by atoms with van der Waals surface area (Å²) in [5.74, 6) is 1.02. The summed E-state index contributed by atoms with van der Waals surface area (Å²) >= 11 is 0. The van der Waals surface area contributed by atoms with Crippen LogP contribution in [-0.4, -0.2) is 40.2 Å². The molecular weight excluding hydrogens is 322 g/mol. The van der Waals surface area contributed by atoms with Crippen molar-refractivity contribution in [3.05, 3.63) is 35.7 Å². The first-order chi connectivity index (χ1) is 12.1. The SMILES string of the molecule is CC(C)NC(=O)c1cc(NCCc2noc([C@H]3CCCO3)n2)ccn1. The van der Waals surface area contributed by atoms with Crippen LogP contribution in [0.3, 0.4) is 0 Å². The van der Waals surface area contributed by atoms with Gasteiger partial charge in [-0.05, 0) is 38.8 Å². The lowest BCUT2D eigenvalue weighted by molar-refractivity contribution is 0.0835. The minimum Gasteiger partial charge on any atom is -0.384 e. The van der Waals surface area contributed by atoms with Gasteiger partial charge in [-0.25, -0.2) is 0 Å². The van der Waals surface area contributed by atoms with Crippen LogP contribution in [0.5, 0.6) is 0 Å². The summed E-state index contributed by atoms with van der Waals surface area (Å²) < 4.78 is 10.8. The van der Waals surface area contributed by atoms with Crippen LogP contribution in [0, 0.1) is 0 Å². The Hall–Kier alpha value is -2.48. The van der Waals surface area contributed by atoms with E-state index in [0.29, 0.717) is 30.4 Å². The topological polar surface area (TPSA) is 102 Å². The molecule has 0 aromatic carbocycles. The quantitative estimate of drug-likeness (QED) is 0.792. The Morgan fingerprint density at radius 2 is 2.32 bits per heavy atom. The molecule has 1 atom stereocenters. The zero-order chi connectivity index (χ0) is 17.6. The number of nitrogens with one attached hydrogen (secondary N) is 2. The molecule has 0 saturated carbocycles. The predicted octanol–water partition coefficient (Wildman–Crippen LogP) is 2.11. The molecule has 0 bridgehead atoms. The summed E-state index contributed by atoms with van der Waals surface area (Å²) in [6.07, 6.45) is 4.13. The van der Waals surface area contributed by atoms with Gasteiger partial charge in [0.15, 0.2) is 5.82 Å². The molecule has 1 aliphatic heterocycles. The molecule has 2 N–H and O–H groups in total. The number of ether oxygens (including phenoxy) is 1. The van der Waals surface area contributed by atoms with Crippen molar-refractivity contribution in [2.24, 2.45) is 0 Å². The first-order valence-electron chi connectivity index (χ1n) is 8.56. The number of hydrogen-bond acceptors (Lipinski definition) is 7. The molecule has 2 aromatic heterocycles. The van der Waals surface area contributed by atoms with Crippen LogP contribution in [0.25, 0.3) is 0 Å². The van der Waals surface area contributed by atoms with E-state index >= 15 is 0 Å². The van der Waals surface area contributed by atoms with Crippen molar-refractivity contribution in [2.45, 2.75) is 45.3 Å². The lowest BCUT2D eigenvalue weighted by atomic mass is 10.2. The van der Waals surface area contributed by atoms with Gasteiger partial charge in [0.1, 0.15) is 11.8 Å². The third-order valence-electron chi connectivity index (χ3n) is 3.78. The van der Waals surface area contributed by atoms with Crippen molar-refractivity contribution in [3.63, 3.8) is 0 Å². The second kappa shape index (κ2) is 8.06. The van der Waals surface area contributed by atoms with Gasteiger partial charge in [-0.3, -0.25) is 9.78 Å². The zero-order valence-electron chi connectivity index (χ0n) is 14.5. The summed E-state index contributed by atoms with van der Waals surface area (Å²) in [4.78, 5) is 20.5. The Labute approximate surface area is 146 Å². The first kappa shape index (κ1) is 17.3. The fraction of sp³-hybridized carbons (Fsp3) is 0.529. The molecule has 0 unspecified atom stereocenters. The van der Waals surface area contributed by atoms with E-state index in [1.54, 1.807) is 12.3 Å². The largest absolute Gasteiger partial charge is 0.384 e. The van der Waals surface area contributed by atoms with Crippen LogP contribution >= 0.6 is 0 Å². The van der Waals surface area contributed by atoms with Crippen LogP contribution in [0.4, 0.5) is 5.69 Å². The maximum Gasteiger partial charge on any atom is 0.270 e. The fourth-order valence-electron chi connectivity index (χ4n) is 2.59. The highest BCUT2D eigenvalue weighted by atomic mass is 16.5. The molecular formula is C17H23N5O3. The van der Waals surface area contributed by atoms with E-state index in [-0.39, 0.29) is 18.1 Å². The van der Waals surface area contributed by atoms with Gasteiger partial charge in [0, 0.05) is 37.5 Å². The fourth-order valence-corrected chi connectivity index (χ4v) is 2.59. The highest BCUT2D eigenvalue weighted by Gasteiger charge is 2.23. The second-order valence-corrected chi connectivity index (χ2v) is 6.29. The molecule has 0 radical (unpaired) electrons. The summed E-state index contributed by atoms with van der Waals surface area (Å²) in [6, 6.07) is 3.62. The number of carbonyl (C=O) groups is 1. The summed E-state index contributed by atoms with van der Waals surface area (Å²) in [5, 5.41) is 10.1. The van der Waals surface area contributed by atoms with Crippen LogP contribution < -0.4 is 10.6 Å². The predicted molar refractivity (Wildman–Crippen MR) is 91.3 cm³/mol. The van der Waals surface area contributed by atoms with Gasteiger partial charge in [-0.1, -0.05) is 5.16 Å². The molecule has 134 valence electrons. The van der Waals surface area contributed by atoms with E-state index in [4.69, 9.17) is 9.26 Å². The van der Waals surface area contributed by atoms with Crippen LogP contribution in [-0.2, 0) is 11.2 Å². The highest BCUT2D eigenvalue weighted by Crippen LogP contribution is 2.26. The van der Waals surface area contributed by atoms with Crippen molar-refractivity contribution < 1.29 is 14.1 Å². The molecule has 25 heavy (non-hydrogen) atoms. The highest BCUT2D eigenvalue weighted by molar-refractivity contribution is 5.93. The number of nitrogens with zero attached hydrogens (tertiary/aromatic N) is 3. The monoisotopic (exact) mass is 345 g/mol. The first-order valence-corrected chi connectivity index (χ1v) is 8.56. The van der Waals surface area contributed by atoms with Gasteiger partial charge in [-0.2, -0.15) is 4.98 Å². The van der Waals surface area contributed by atoms with Gasteiger partial charge in [0.2, 0.25) is 0 Å². The third-order valence-corrected chi connectivity index (χ3v) is 3.78. The smallest absolute Gasteiger partial charge is 0.270 e. The van der Waals surface area contributed by atoms with E-state index in [0.717, 1.165) is 25.1 Å². The van der Waals surface area contributed by atoms with Crippen molar-refractivity contribution in [1.82, 2.24) is 20.4 Å². The molecule has 1 saturated heterocycles. The van der Waals surface area contributed by atoms with Crippen LogP contribution in [0.1, 0.15) is 55.0 Å². The van der Waals surface area contributed by atoms with Crippen LogP contribution in [0.15, 0.2) is 22.9 Å². The molecule has 1 aliphatic rings. The lowest BCUT2D eigenvalue weighted by Gasteiger charge is -2.09. The molecule has 3 rings (SSSR count). The minimum absolute atomic E-state index is 0.0589. The Kier molecular flexibility index (Phi) is 5.60. The molecule has 8 heteroatoms. The molecule has 2 aromatic rings. The summed E-state index contributed by atoms with van der Waals surface area (Å²) in [5.41, 5.74) is 1.21. The molecule has 0 spiro atoms. The number of pyridine rings is 1. The second-order valence-electron chi connectivity index (χ2n) is 6.29. The number of aromatic nitrogens is 3. The maximum absolute atomic E-state index is 12.0. The summed E-state index contributed by atoms with van der Waals surface area (Å²) in [6.45, 7) is 5.20. The normalized spacial score (nSPS) is 17.0. The van der Waals surface area contributed by atoms with Gasteiger partial charge < -0.3 is 19.9 Å². The van der Waals surface area contributed by atoms with Crippen molar-refractivity contribution in [3.8, 4) is 0 Å². The standard InChI is InChI=1S/C17H23N5O3/c1-11(2)20-16(23)13-10-12(5-7-19-13)18-8-6-15-21-17(25-22-15)14-4-3-9-24-14/h5,7,10-11,14H,3-4,6,8-9H2,1-2H3,(H,18,19)(H,20,23)/t14-/m1/s1. The molecule has 8 nitrogen and oxygen atoms in total. The maximum atomic E-state index is 12.0. The summed E-state index contributed by atoms with van der Waals surface area (Å²) in [7, 11) is 0. The minimum atomic E-state index is -0.182. The van der Waals surface area contributed by atoms with Crippen molar-refractivity contribution in [2.75, 3.05) is 18.5 Å². The number of hydrogen-bond donors (Lipinski definition) is 2. The average Bonchev–Trinajstić information content (AvgIpc) is 3.26. The Morgan fingerprint density at radius 3 is 3.08 bits per heavy atom. The van der Waals surface area contributed by atoms with Gasteiger partial charge >= 0.3 is 0 Å². The van der Waals surface area contributed by atoms with Crippen LogP contribution in [0.2, 0.25) is 0 Å². The van der Waals surface area contributed by atoms with Gasteiger partial charge in [0.05, 0.1) is 0 Å². The lowest BCUT2D eigenvalue weighted by Crippen LogP contribution is -2.30. The Bertz CT molecular complexity index is 710. The van der Waals surface area contributed by atoms with Crippen molar-refractivity contribution >= 4 is 11.6 Å². The number of amides is 1. The van der Waals surface area contributed by atoms with Gasteiger partial charge in [-0.15, -0.1) is 0 Å². The molecule has 1 fully saturated rings. The van der Waals surface area contributed by atoms with E-state index < -0.39 is 0 Å². The molecule has 1 amide bonds. The zero-order valence-corrected chi connectivity index (χ0v) is 14.5. The van der Waals surface area contributed by atoms with Gasteiger partial charge in [0.25, 0.3) is 11.8 Å². The number of rotatable bonds is 7. The molecule has 0 aliphatic carbocycles. The van der Waals surface area contributed by atoms with Crippen molar-refractivity contribution in [1.29, 1.82) is 0 Å².